The lowest BCUT2D eigenvalue weighted by Crippen LogP contribution is -2.30. The highest BCUT2D eigenvalue weighted by atomic mass is 16.5. The van der Waals surface area contributed by atoms with Gasteiger partial charge >= 0.3 is 0 Å². The average Bonchev–Trinajstić information content (AvgIpc) is 3.13. The molecular formula is C26H29N3O2. The summed E-state index contributed by atoms with van der Waals surface area (Å²) >= 11 is 0. The van der Waals surface area contributed by atoms with Gasteiger partial charge in [0.2, 0.25) is 5.91 Å². The maximum Gasteiger partial charge on any atom is 0.222 e. The minimum absolute atomic E-state index is 0.00827. The minimum Gasteiger partial charge on any atom is -0.494 e. The Morgan fingerprint density at radius 1 is 1.03 bits per heavy atom. The van der Waals surface area contributed by atoms with Gasteiger partial charge < -0.3 is 14.6 Å². The number of fused-ring (bicyclic) bond motifs is 2. The van der Waals surface area contributed by atoms with E-state index >= 15 is 0 Å². The highest BCUT2D eigenvalue weighted by Crippen LogP contribution is 2.21. The number of rotatable bonds is 9. The van der Waals surface area contributed by atoms with E-state index in [4.69, 9.17) is 9.72 Å². The number of imidazole rings is 1. The topological polar surface area (TPSA) is 56.2 Å². The van der Waals surface area contributed by atoms with Crippen LogP contribution in [0.1, 0.15) is 26.1 Å². The summed E-state index contributed by atoms with van der Waals surface area (Å²) in [5.74, 6) is 1.96. The monoisotopic (exact) mass is 415 g/mol. The van der Waals surface area contributed by atoms with E-state index in [0.29, 0.717) is 19.6 Å². The molecule has 0 aliphatic heterocycles. The van der Waals surface area contributed by atoms with E-state index in [-0.39, 0.29) is 11.8 Å². The Labute approximate surface area is 183 Å². The summed E-state index contributed by atoms with van der Waals surface area (Å²) in [5.41, 5.74) is 2.11. The van der Waals surface area contributed by atoms with Crippen molar-refractivity contribution in [1.82, 2.24) is 14.9 Å². The fraction of sp³-hybridized carbons (Fsp3) is 0.308. The van der Waals surface area contributed by atoms with E-state index in [9.17, 15) is 4.79 Å². The molecule has 0 aliphatic carbocycles. The van der Waals surface area contributed by atoms with Crippen LogP contribution >= 0.6 is 0 Å². The normalized spacial score (nSPS) is 11.3. The van der Waals surface area contributed by atoms with Gasteiger partial charge in [0.1, 0.15) is 11.6 Å². The highest BCUT2D eigenvalue weighted by molar-refractivity contribution is 5.83. The number of ether oxygens (including phenoxy) is 1. The molecule has 0 aliphatic rings. The van der Waals surface area contributed by atoms with Crippen LogP contribution in [0.4, 0.5) is 0 Å². The van der Waals surface area contributed by atoms with Gasteiger partial charge in [-0.1, -0.05) is 56.3 Å². The summed E-state index contributed by atoms with van der Waals surface area (Å²) in [7, 11) is 0. The largest absolute Gasteiger partial charge is 0.494 e. The lowest BCUT2D eigenvalue weighted by molar-refractivity contribution is -0.123. The Morgan fingerprint density at radius 3 is 2.65 bits per heavy atom. The van der Waals surface area contributed by atoms with E-state index in [1.54, 1.807) is 0 Å². The number of para-hydroxylation sites is 2. The van der Waals surface area contributed by atoms with Gasteiger partial charge in [-0.3, -0.25) is 4.79 Å². The molecule has 0 spiro atoms. The quantitative estimate of drug-likeness (QED) is 0.393. The van der Waals surface area contributed by atoms with Gasteiger partial charge in [-0.2, -0.15) is 0 Å². The molecule has 0 fully saturated rings. The van der Waals surface area contributed by atoms with E-state index in [1.165, 1.54) is 10.8 Å². The van der Waals surface area contributed by atoms with Crippen molar-refractivity contribution in [3.8, 4) is 5.75 Å². The van der Waals surface area contributed by atoms with E-state index < -0.39 is 0 Å². The van der Waals surface area contributed by atoms with Crippen molar-refractivity contribution in [2.75, 3.05) is 13.2 Å². The molecule has 3 aromatic carbocycles. The van der Waals surface area contributed by atoms with E-state index in [2.05, 4.69) is 40.2 Å². The highest BCUT2D eigenvalue weighted by Gasteiger charge is 2.12. The third kappa shape index (κ3) is 5.05. The number of amides is 1. The molecule has 1 aromatic heterocycles. The van der Waals surface area contributed by atoms with Crippen LogP contribution in [0.5, 0.6) is 5.75 Å². The van der Waals surface area contributed by atoms with Crippen LogP contribution in [0.2, 0.25) is 0 Å². The molecule has 1 N–H and O–H groups in total. The summed E-state index contributed by atoms with van der Waals surface area (Å²) in [4.78, 5) is 16.7. The number of hydrogen-bond acceptors (Lipinski definition) is 3. The second-order valence-corrected chi connectivity index (χ2v) is 8.08. The summed E-state index contributed by atoms with van der Waals surface area (Å²) in [6, 6.07) is 22.7. The van der Waals surface area contributed by atoms with Gasteiger partial charge in [0.05, 0.1) is 17.6 Å². The SMILES string of the molecule is CC(C)C(=O)NCCc1nc2ccccc2n1CCCOc1ccc2ccccc2c1. The molecule has 5 heteroatoms. The minimum atomic E-state index is -0.00827. The number of carbonyl (C=O) groups is 1. The molecule has 4 rings (SSSR count). The van der Waals surface area contributed by atoms with Gasteiger partial charge in [0.25, 0.3) is 0 Å². The first-order chi connectivity index (χ1) is 15.1. The smallest absolute Gasteiger partial charge is 0.222 e. The van der Waals surface area contributed by atoms with Crippen molar-refractivity contribution in [3.05, 3.63) is 72.6 Å². The molecule has 1 heterocycles. The van der Waals surface area contributed by atoms with Crippen LogP contribution in [-0.4, -0.2) is 28.6 Å². The first-order valence-corrected chi connectivity index (χ1v) is 11.0. The Morgan fingerprint density at radius 2 is 1.81 bits per heavy atom. The van der Waals surface area contributed by atoms with Crippen LogP contribution in [-0.2, 0) is 17.8 Å². The number of benzene rings is 3. The van der Waals surface area contributed by atoms with Crippen molar-refractivity contribution < 1.29 is 9.53 Å². The third-order valence-electron chi connectivity index (χ3n) is 5.42. The van der Waals surface area contributed by atoms with Crippen molar-refractivity contribution in [3.63, 3.8) is 0 Å². The van der Waals surface area contributed by atoms with Gasteiger partial charge in [-0.15, -0.1) is 0 Å². The zero-order chi connectivity index (χ0) is 21.6. The predicted octanol–water partition coefficient (Wildman–Crippen LogP) is 4.97. The summed E-state index contributed by atoms with van der Waals surface area (Å²) < 4.78 is 8.26. The fourth-order valence-corrected chi connectivity index (χ4v) is 3.74. The van der Waals surface area contributed by atoms with Crippen LogP contribution in [0.25, 0.3) is 21.8 Å². The average molecular weight is 416 g/mol. The molecule has 0 bridgehead atoms. The molecular weight excluding hydrogens is 386 g/mol. The van der Waals surface area contributed by atoms with Crippen molar-refractivity contribution in [1.29, 1.82) is 0 Å². The predicted molar refractivity (Wildman–Crippen MR) is 125 cm³/mol. The number of nitrogens with zero attached hydrogens (tertiary/aromatic N) is 2. The maximum absolute atomic E-state index is 11.9. The number of carbonyl (C=O) groups excluding carboxylic acids is 1. The van der Waals surface area contributed by atoms with Gasteiger partial charge in [0, 0.05) is 25.4 Å². The van der Waals surface area contributed by atoms with Gasteiger partial charge in [0.15, 0.2) is 0 Å². The Bertz CT molecular complexity index is 1180. The van der Waals surface area contributed by atoms with Gasteiger partial charge in [-0.25, -0.2) is 4.98 Å². The molecule has 0 saturated carbocycles. The Balaban J connectivity index is 1.39. The molecule has 4 aromatic rings. The molecule has 0 saturated heterocycles. The number of aromatic nitrogens is 2. The number of nitrogens with one attached hydrogen (secondary N) is 1. The first-order valence-electron chi connectivity index (χ1n) is 11.0. The second-order valence-electron chi connectivity index (χ2n) is 8.08. The van der Waals surface area contributed by atoms with Gasteiger partial charge in [-0.05, 0) is 41.5 Å². The second kappa shape index (κ2) is 9.65. The molecule has 5 nitrogen and oxygen atoms in total. The van der Waals surface area contributed by atoms with E-state index in [0.717, 1.165) is 35.6 Å². The summed E-state index contributed by atoms with van der Waals surface area (Å²) in [6.45, 7) is 5.85. The Kier molecular flexibility index (Phi) is 6.51. The first kappa shape index (κ1) is 20.9. The molecule has 0 unspecified atom stereocenters. The van der Waals surface area contributed by atoms with E-state index in [1.807, 2.05) is 50.2 Å². The third-order valence-corrected chi connectivity index (χ3v) is 5.42. The van der Waals surface area contributed by atoms with Crippen molar-refractivity contribution in [2.24, 2.45) is 5.92 Å². The lowest BCUT2D eigenvalue weighted by Gasteiger charge is -2.12. The maximum atomic E-state index is 11.9. The Hall–Kier alpha value is -3.34. The number of hydrogen-bond donors (Lipinski definition) is 1. The standard InChI is InChI=1S/C26H29N3O2/c1-19(2)26(30)27-15-14-25-28-23-10-5-6-11-24(23)29(25)16-7-17-31-22-13-12-20-8-3-4-9-21(20)18-22/h3-6,8-13,18-19H,7,14-17H2,1-2H3,(H,27,30). The lowest BCUT2D eigenvalue weighted by atomic mass is 10.1. The van der Waals surface area contributed by atoms with Crippen molar-refractivity contribution >= 4 is 27.7 Å². The fourth-order valence-electron chi connectivity index (χ4n) is 3.74. The molecule has 31 heavy (non-hydrogen) atoms. The number of aryl methyl sites for hydroxylation is 1. The zero-order valence-electron chi connectivity index (χ0n) is 18.2. The molecule has 0 atom stereocenters. The summed E-state index contributed by atoms with van der Waals surface area (Å²) in [6.07, 6.45) is 1.58. The van der Waals surface area contributed by atoms with Crippen LogP contribution < -0.4 is 10.1 Å². The van der Waals surface area contributed by atoms with Crippen LogP contribution in [0, 0.1) is 5.92 Å². The van der Waals surface area contributed by atoms with Crippen LogP contribution in [0.15, 0.2) is 66.7 Å². The van der Waals surface area contributed by atoms with Crippen molar-refractivity contribution in [2.45, 2.75) is 33.2 Å². The van der Waals surface area contributed by atoms with Crippen LogP contribution in [0.3, 0.4) is 0 Å². The molecule has 1 amide bonds. The summed E-state index contributed by atoms with van der Waals surface area (Å²) in [5, 5.41) is 5.39. The molecule has 0 radical (unpaired) electrons. The molecule has 160 valence electrons. The zero-order valence-corrected chi connectivity index (χ0v) is 18.2.